The Morgan fingerprint density at radius 1 is 1.50 bits per heavy atom. The molecule has 3 N–H and O–H groups in total. The molecule has 3 nitrogen and oxygen atoms in total. The lowest BCUT2D eigenvalue weighted by Gasteiger charge is -2.32. The number of hydrogen-bond acceptors (Lipinski definition) is 2. The maximum absolute atomic E-state index is 12.4. The van der Waals surface area contributed by atoms with Crippen LogP contribution < -0.4 is 11.1 Å². The van der Waals surface area contributed by atoms with Crippen LogP contribution in [0.15, 0.2) is 18.2 Å². The number of carbonyl (C=O) groups excluding carboxylic acids is 1. The zero-order chi connectivity index (χ0) is 14.5. The summed E-state index contributed by atoms with van der Waals surface area (Å²) >= 11 is 0. The van der Waals surface area contributed by atoms with Crippen molar-refractivity contribution in [3.05, 3.63) is 34.9 Å². The quantitative estimate of drug-likeness (QED) is 0.828. The minimum Gasteiger partial charge on any atom is -0.349 e. The molecule has 1 unspecified atom stereocenters. The second-order valence-corrected chi connectivity index (χ2v) is 5.44. The third-order valence-corrected chi connectivity index (χ3v) is 4.12. The first-order valence-electron chi connectivity index (χ1n) is 7.23. The van der Waals surface area contributed by atoms with Gasteiger partial charge in [-0.25, -0.2) is 0 Å². The van der Waals surface area contributed by atoms with Crippen molar-refractivity contribution in [3.8, 4) is 11.8 Å². The second-order valence-electron chi connectivity index (χ2n) is 5.44. The van der Waals surface area contributed by atoms with Gasteiger partial charge in [0.2, 0.25) is 0 Å². The van der Waals surface area contributed by atoms with Gasteiger partial charge in [0.1, 0.15) is 0 Å². The van der Waals surface area contributed by atoms with Crippen LogP contribution in [0.3, 0.4) is 0 Å². The first-order valence-corrected chi connectivity index (χ1v) is 7.23. The fourth-order valence-corrected chi connectivity index (χ4v) is 2.51. The average Bonchev–Trinajstić information content (AvgIpc) is 2.35. The van der Waals surface area contributed by atoms with E-state index >= 15 is 0 Å². The van der Waals surface area contributed by atoms with Crippen LogP contribution in [0.4, 0.5) is 0 Å². The van der Waals surface area contributed by atoms with Crippen molar-refractivity contribution in [3.63, 3.8) is 0 Å². The zero-order valence-corrected chi connectivity index (χ0v) is 12.2. The van der Waals surface area contributed by atoms with E-state index in [2.05, 4.69) is 24.1 Å². The molecule has 2 rings (SSSR count). The van der Waals surface area contributed by atoms with E-state index in [-0.39, 0.29) is 11.9 Å². The molecule has 1 amide bonds. The monoisotopic (exact) mass is 270 g/mol. The molecular weight excluding hydrogens is 248 g/mol. The summed E-state index contributed by atoms with van der Waals surface area (Å²) in [6.45, 7) is 4.35. The van der Waals surface area contributed by atoms with Gasteiger partial charge in [-0.15, -0.1) is 0 Å². The van der Waals surface area contributed by atoms with Crippen molar-refractivity contribution < 1.29 is 4.79 Å². The summed E-state index contributed by atoms with van der Waals surface area (Å²) in [5, 5.41) is 3.11. The second kappa shape index (κ2) is 6.58. The average molecular weight is 270 g/mol. The first-order chi connectivity index (χ1) is 9.63. The lowest BCUT2D eigenvalue weighted by molar-refractivity contribution is 0.0908. The van der Waals surface area contributed by atoms with Crippen LogP contribution in [-0.2, 0) is 0 Å². The smallest absolute Gasteiger partial charge is 0.251 e. The number of rotatable bonds is 3. The predicted octanol–water partition coefficient (Wildman–Crippen LogP) is 2.22. The number of amides is 1. The van der Waals surface area contributed by atoms with Gasteiger partial charge in [0.15, 0.2) is 0 Å². The Hall–Kier alpha value is -1.79. The number of carbonyl (C=O) groups is 1. The fraction of sp³-hybridized carbons (Fsp3) is 0.471. The molecule has 1 aliphatic rings. The molecule has 0 radical (unpaired) electrons. The molecule has 0 bridgehead atoms. The molecular formula is C17H22N2O. The third-order valence-electron chi connectivity index (χ3n) is 4.12. The highest BCUT2D eigenvalue weighted by molar-refractivity contribution is 5.96. The van der Waals surface area contributed by atoms with Crippen LogP contribution in [0.5, 0.6) is 0 Å². The normalized spacial score (nSPS) is 15.8. The molecule has 1 aromatic carbocycles. The molecule has 3 heteroatoms. The minimum absolute atomic E-state index is 0.00158. The summed E-state index contributed by atoms with van der Waals surface area (Å²) in [6, 6.07) is 5.89. The maximum Gasteiger partial charge on any atom is 0.251 e. The van der Waals surface area contributed by atoms with Crippen molar-refractivity contribution in [1.82, 2.24) is 5.32 Å². The van der Waals surface area contributed by atoms with Gasteiger partial charge >= 0.3 is 0 Å². The lowest BCUT2D eigenvalue weighted by Crippen LogP contribution is -2.40. The Bertz CT molecular complexity index is 550. The van der Waals surface area contributed by atoms with Gasteiger partial charge in [-0.2, -0.15) is 0 Å². The summed E-state index contributed by atoms with van der Waals surface area (Å²) in [4.78, 5) is 12.4. The molecule has 1 aromatic rings. The van der Waals surface area contributed by atoms with Crippen molar-refractivity contribution in [2.24, 2.45) is 11.7 Å². The SMILES string of the molecule is Cc1c(C#CCN)cccc1C(=O)NC(C)C1CCC1. The molecule has 0 heterocycles. The Morgan fingerprint density at radius 3 is 2.85 bits per heavy atom. The molecule has 0 aliphatic heterocycles. The molecule has 106 valence electrons. The Balaban J connectivity index is 2.13. The Kier molecular flexibility index (Phi) is 4.81. The van der Waals surface area contributed by atoms with Gasteiger partial charge in [0.05, 0.1) is 6.54 Å². The van der Waals surface area contributed by atoms with E-state index in [4.69, 9.17) is 5.73 Å². The summed E-state index contributed by atoms with van der Waals surface area (Å²) in [7, 11) is 0. The summed E-state index contributed by atoms with van der Waals surface area (Å²) in [5.74, 6) is 6.48. The van der Waals surface area contributed by atoms with Gasteiger partial charge < -0.3 is 11.1 Å². The third kappa shape index (κ3) is 3.20. The van der Waals surface area contributed by atoms with Crippen molar-refractivity contribution in [1.29, 1.82) is 0 Å². The molecule has 1 aliphatic carbocycles. The van der Waals surface area contributed by atoms with E-state index in [1.807, 2.05) is 25.1 Å². The van der Waals surface area contributed by atoms with Gasteiger partial charge in [-0.1, -0.05) is 24.3 Å². The fourth-order valence-electron chi connectivity index (χ4n) is 2.51. The largest absolute Gasteiger partial charge is 0.349 e. The highest BCUT2D eigenvalue weighted by Crippen LogP contribution is 2.29. The summed E-state index contributed by atoms with van der Waals surface area (Å²) < 4.78 is 0. The van der Waals surface area contributed by atoms with Gasteiger partial charge in [-0.3, -0.25) is 4.79 Å². The topological polar surface area (TPSA) is 55.1 Å². The van der Waals surface area contributed by atoms with E-state index in [0.717, 1.165) is 11.1 Å². The van der Waals surface area contributed by atoms with Gasteiger partial charge in [0, 0.05) is 17.2 Å². The van der Waals surface area contributed by atoms with E-state index in [0.29, 0.717) is 18.0 Å². The molecule has 0 aromatic heterocycles. The first kappa shape index (κ1) is 14.6. The number of nitrogens with two attached hydrogens (primary N) is 1. The summed E-state index contributed by atoms with van der Waals surface area (Å²) in [5.41, 5.74) is 7.90. The summed E-state index contributed by atoms with van der Waals surface area (Å²) in [6.07, 6.45) is 3.74. The molecule has 20 heavy (non-hydrogen) atoms. The minimum atomic E-state index is -0.00158. The van der Waals surface area contributed by atoms with Gasteiger partial charge in [0.25, 0.3) is 5.91 Å². The van der Waals surface area contributed by atoms with Crippen LogP contribution in [-0.4, -0.2) is 18.5 Å². The van der Waals surface area contributed by atoms with E-state index < -0.39 is 0 Å². The van der Waals surface area contributed by atoms with Crippen LogP contribution in [0.25, 0.3) is 0 Å². The Morgan fingerprint density at radius 2 is 2.25 bits per heavy atom. The maximum atomic E-state index is 12.4. The van der Waals surface area contributed by atoms with Crippen LogP contribution in [0.2, 0.25) is 0 Å². The molecule has 1 fully saturated rings. The molecule has 1 saturated carbocycles. The van der Waals surface area contributed by atoms with Crippen LogP contribution in [0, 0.1) is 24.7 Å². The Labute approximate surface area is 120 Å². The van der Waals surface area contributed by atoms with E-state index in [9.17, 15) is 4.79 Å². The van der Waals surface area contributed by atoms with Crippen molar-refractivity contribution >= 4 is 5.91 Å². The van der Waals surface area contributed by atoms with Crippen LogP contribution in [0.1, 0.15) is 47.7 Å². The highest BCUT2D eigenvalue weighted by atomic mass is 16.1. The predicted molar refractivity (Wildman–Crippen MR) is 81.4 cm³/mol. The molecule has 0 spiro atoms. The number of hydrogen-bond donors (Lipinski definition) is 2. The number of nitrogens with one attached hydrogen (secondary N) is 1. The van der Waals surface area contributed by atoms with E-state index in [1.54, 1.807) is 0 Å². The van der Waals surface area contributed by atoms with Crippen molar-refractivity contribution in [2.75, 3.05) is 6.54 Å². The standard InChI is InChI=1S/C17H22N2O/c1-12-14(9-5-11-18)6-4-10-16(12)17(20)19-13(2)15-7-3-8-15/h4,6,10,13,15H,3,7-8,11,18H2,1-2H3,(H,19,20). The highest BCUT2D eigenvalue weighted by Gasteiger charge is 2.25. The lowest BCUT2D eigenvalue weighted by atomic mass is 9.80. The van der Waals surface area contributed by atoms with Gasteiger partial charge in [-0.05, 0) is 50.3 Å². The molecule has 1 atom stereocenters. The van der Waals surface area contributed by atoms with Crippen molar-refractivity contribution in [2.45, 2.75) is 39.2 Å². The molecule has 0 saturated heterocycles. The van der Waals surface area contributed by atoms with E-state index in [1.165, 1.54) is 19.3 Å². The zero-order valence-electron chi connectivity index (χ0n) is 12.2. The number of benzene rings is 1. The van der Waals surface area contributed by atoms with Crippen LogP contribution >= 0.6 is 0 Å².